The summed E-state index contributed by atoms with van der Waals surface area (Å²) >= 11 is 6.50. The van der Waals surface area contributed by atoms with Crippen LogP contribution in [0, 0.1) is 5.41 Å². The van der Waals surface area contributed by atoms with Gasteiger partial charge in [0.1, 0.15) is 12.4 Å². The van der Waals surface area contributed by atoms with Gasteiger partial charge in [0.15, 0.2) is 0 Å². The first-order chi connectivity index (χ1) is 20.0. The Morgan fingerprint density at radius 2 is 1.81 bits per heavy atom. The molecule has 0 saturated heterocycles. The number of carbonyl (C=O) groups excluding carboxylic acids is 3. The van der Waals surface area contributed by atoms with Gasteiger partial charge < -0.3 is 19.1 Å². The standard InChI is InChI=1S/C31H33ClFN3O6/c1-31(2,3)30(39)42-19-41-28(37)12-13-40-27-9-7-6-8-26(27)36(5)29(38)20-10-11-25(32)23(15-20)24-18-35-22(16-33)14-21(24)17-34-4/h6-11,14-15,17-18H,12-13,16,19H2,1-5H3. The summed E-state index contributed by atoms with van der Waals surface area (Å²) in [4.78, 5) is 47.0. The van der Waals surface area contributed by atoms with Crippen molar-refractivity contribution in [2.24, 2.45) is 10.4 Å². The normalized spacial score (nSPS) is 11.3. The van der Waals surface area contributed by atoms with Crippen molar-refractivity contribution in [3.05, 3.63) is 76.6 Å². The number of aromatic nitrogens is 1. The minimum atomic E-state index is -0.725. The second-order valence-electron chi connectivity index (χ2n) is 10.2. The predicted octanol–water partition coefficient (Wildman–Crippen LogP) is 6.06. The van der Waals surface area contributed by atoms with Gasteiger partial charge in [-0.25, -0.2) is 4.39 Å². The fourth-order valence-corrected chi connectivity index (χ4v) is 3.99. The summed E-state index contributed by atoms with van der Waals surface area (Å²) in [6.07, 6.45) is 2.99. The molecule has 0 atom stereocenters. The average Bonchev–Trinajstić information content (AvgIpc) is 2.96. The Morgan fingerprint density at radius 3 is 2.50 bits per heavy atom. The molecule has 3 aromatic rings. The van der Waals surface area contributed by atoms with Gasteiger partial charge in [0, 0.05) is 53.8 Å². The summed E-state index contributed by atoms with van der Waals surface area (Å²) in [6.45, 7) is 3.85. The van der Waals surface area contributed by atoms with E-state index in [-0.39, 0.29) is 24.6 Å². The fourth-order valence-electron chi connectivity index (χ4n) is 3.77. The zero-order valence-corrected chi connectivity index (χ0v) is 24.9. The second-order valence-corrected chi connectivity index (χ2v) is 10.6. The second kappa shape index (κ2) is 14.5. The van der Waals surface area contributed by atoms with Crippen LogP contribution in [0.5, 0.6) is 5.75 Å². The number of halogens is 2. The first-order valence-corrected chi connectivity index (χ1v) is 13.4. The van der Waals surface area contributed by atoms with Crippen LogP contribution in [0.1, 0.15) is 48.8 Å². The number of esters is 2. The highest BCUT2D eigenvalue weighted by atomic mass is 35.5. The predicted molar refractivity (Wildman–Crippen MR) is 159 cm³/mol. The lowest BCUT2D eigenvalue weighted by atomic mass is 9.98. The molecule has 222 valence electrons. The van der Waals surface area contributed by atoms with Gasteiger partial charge in [-0.3, -0.25) is 24.4 Å². The number of aliphatic imine (C=N–C) groups is 1. The molecule has 0 saturated carbocycles. The topological polar surface area (TPSA) is 107 Å². The highest BCUT2D eigenvalue weighted by Crippen LogP contribution is 2.33. The first-order valence-electron chi connectivity index (χ1n) is 13.1. The van der Waals surface area contributed by atoms with Gasteiger partial charge in [-0.1, -0.05) is 23.7 Å². The first kappa shape index (κ1) is 32.2. The summed E-state index contributed by atoms with van der Waals surface area (Å²) in [6, 6.07) is 13.3. The number of anilines is 1. The van der Waals surface area contributed by atoms with Crippen LogP contribution in [0.3, 0.4) is 0 Å². The Morgan fingerprint density at radius 1 is 1.07 bits per heavy atom. The third kappa shape index (κ3) is 8.36. The number of alkyl halides is 1. The molecular weight excluding hydrogens is 565 g/mol. The number of carbonyl (C=O) groups is 3. The molecule has 0 aliphatic rings. The van der Waals surface area contributed by atoms with Crippen LogP contribution in [0.2, 0.25) is 5.02 Å². The van der Waals surface area contributed by atoms with E-state index in [0.29, 0.717) is 38.7 Å². The molecule has 3 rings (SSSR count). The van der Waals surface area contributed by atoms with Crippen molar-refractivity contribution in [3.63, 3.8) is 0 Å². The van der Waals surface area contributed by atoms with Gasteiger partial charge in [0.2, 0.25) is 6.79 Å². The smallest absolute Gasteiger partial charge is 0.314 e. The van der Waals surface area contributed by atoms with E-state index >= 15 is 0 Å². The lowest BCUT2D eigenvalue weighted by molar-refractivity contribution is -0.173. The zero-order chi connectivity index (χ0) is 30.9. The molecule has 1 amide bonds. The van der Waals surface area contributed by atoms with Crippen LogP contribution in [0.4, 0.5) is 10.1 Å². The van der Waals surface area contributed by atoms with E-state index in [0.717, 1.165) is 0 Å². The number of benzene rings is 2. The van der Waals surface area contributed by atoms with E-state index in [1.807, 2.05) is 0 Å². The Kier molecular flexibility index (Phi) is 11.2. The highest BCUT2D eigenvalue weighted by Gasteiger charge is 2.23. The number of ether oxygens (including phenoxy) is 3. The number of rotatable bonds is 11. The van der Waals surface area contributed by atoms with Gasteiger partial charge in [0.05, 0.1) is 29.8 Å². The van der Waals surface area contributed by atoms with Crippen LogP contribution in [0.15, 0.2) is 59.7 Å². The molecule has 0 aliphatic heterocycles. The van der Waals surface area contributed by atoms with E-state index < -0.39 is 30.8 Å². The summed E-state index contributed by atoms with van der Waals surface area (Å²) in [5.41, 5.74) is 2.12. The number of hydrogen-bond acceptors (Lipinski definition) is 8. The van der Waals surface area contributed by atoms with E-state index in [9.17, 15) is 18.8 Å². The summed E-state index contributed by atoms with van der Waals surface area (Å²) in [5, 5.41) is 0.388. The maximum Gasteiger partial charge on any atom is 0.314 e. The van der Waals surface area contributed by atoms with Gasteiger partial charge in [-0.2, -0.15) is 0 Å². The van der Waals surface area contributed by atoms with Crippen LogP contribution >= 0.6 is 11.6 Å². The summed E-state index contributed by atoms with van der Waals surface area (Å²) in [7, 11) is 3.20. The molecule has 9 nitrogen and oxygen atoms in total. The van der Waals surface area contributed by atoms with Crippen molar-refractivity contribution in [2.45, 2.75) is 33.9 Å². The summed E-state index contributed by atoms with van der Waals surface area (Å²) < 4.78 is 28.9. The molecule has 0 bridgehead atoms. The number of hydrogen-bond donors (Lipinski definition) is 0. The molecular formula is C31H33ClFN3O6. The molecule has 0 unspecified atom stereocenters. The van der Waals surface area contributed by atoms with Crippen molar-refractivity contribution in [2.75, 3.05) is 32.4 Å². The third-order valence-corrected chi connectivity index (χ3v) is 6.35. The number of para-hydroxylation sites is 2. The lowest BCUT2D eigenvalue weighted by Gasteiger charge is -2.21. The zero-order valence-electron chi connectivity index (χ0n) is 24.1. The van der Waals surface area contributed by atoms with E-state index in [4.69, 9.17) is 25.8 Å². The SMILES string of the molecule is CN=Cc1cc(CF)ncc1-c1cc(C(=O)N(C)c2ccccc2OCCC(=O)OCOC(=O)C(C)(C)C)ccc1Cl. The third-order valence-electron chi connectivity index (χ3n) is 6.02. The Bertz CT molecular complexity index is 1470. The van der Waals surface area contributed by atoms with Gasteiger partial charge >= 0.3 is 11.9 Å². The van der Waals surface area contributed by atoms with Crippen molar-refractivity contribution in [1.29, 1.82) is 0 Å². The van der Waals surface area contributed by atoms with Crippen LogP contribution < -0.4 is 9.64 Å². The molecule has 0 radical (unpaired) electrons. The largest absolute Gasteiger partial charge is 0.491 e. The van der Waals surface area contributed by atoms with E-state index in [1.165, 1.54) is 11.1 Å². The van der Waals surface area contributed by atoms with Gasteiger partial charge in [-0.15, -0.1) is 0 Å². The number of amides is 1. The Hall–Kier alpha value is -4.31. The highest BCUT2D eigenvalue weighted by molar-refractivity contribution is 6.33. The van der Waals surface area contributed by atoms with Crippen molar-refractivity contribution in [3.8, 4) is 16.9 Å². The average molecular weight is 598 g/mol. The Labute approximate surface area is 249 Å². The molecule has 1 heterocycles. The van der Waals surface area contributed by atoms with E-state index in [1.54, 1.807) is 89.6 Å². The van der Waals surface area contributed by atoms with Gasteiger partial charge in [0.25, 0.3) is 5.91 Å². The molecule has 0 spiro atoms. The molecule has 1 aromatic heterocycles. The molecule has 11 heteroatoms. The van der Waals surface area contributed by atoms with Gasteiger partial charge in [-0.05, 0) is 57.2 Å². The molecule has 0 fully saturated rings. The van der Waals surface area contributed by atoms with Crippen molar-refractivity contribution < 1.29 is 33.0 Å². The number of pyridine rings is 1. The fraction of sp³-hybridized carbons (Fsp3) is 0.323. The van der Waals surface area contributed by atoms with Crippen LogP contribution in [0.25, 0.3) is 11.1 Å². The molecule has 0 N–H and O–H groups in total. The Balaban J connectivity index is 1.72. The molecule has 2 aromatic carbocycles. The molecule has 42 heavy (non-hydrogen) atoms. The quantitative estimate of drug-likeness (QED) is 0.150. The minimum absolute atomic E-state index is 0.0280. The summed E-state index contributed by atoms with van der Waals surface area (Å²) in [5.74, 6) is -1.05. The van der Waals surface area contributed by atoms with Crippen molar-refractivity contribution in [1.82, 2.24) is 4.98 Å². The number of nitrogens with zero attached hydrogens (tertiary/aromatic N) is 3. The lowest BCUT2D eigenvalue weighted by Crippen LogP contribution is -2.27. The van der Waals surface area contributed by atoms with Crippen LogP contribution in [-0.4, -0.2) is 56.5 Å². The minimum Gasteiger partial charge on any atom is -0.491 e. The monoisotopic (exact) mass is 597 g/mol. The maximum absolute atomic E-state index is 13.5. The van der Waals surface area contributed by atoms with Crippen molar-refractivity contribution >= 4 is 41.3 Å². The molecule has 0 aliphatic carbocycles. The van der Waals surface area contributed by atoms with E-state index in [2.05, 4.69) is 9.98 Å². The maximum atomic E-state index is 13.5. The van der Waals surface area contributed by atoms with Crippen LogP contribution in [-0.2, 0) is 25.7 Å².